The van der Waals surface area contributed by atoms with Crippen LogP contribution in [0.3, 0.4) is 0 Å². The second-order valence-electron chi connectivity index (χ2n) is 7.74. The molecule has 8 heteroatoms. The maximum absolute atomic E-state index is 13.2. The molecule has 0 saturated carbocycles. The number of aromatic nitrogens is 5. The highest BCUT2D eigenvalue weighted by Crippen LogP contribution is 2.28. The molecule has 31 heavy (non-hydrogen) atoms. The van der Waals surface area contributed by atoms with E-state index in [-0.39, 0.29) is 11.8 Å². The van der Waals surface area contributed by atoms with Gasteiger partial charge in [0.05, 0.1) is 29.4 Å². The molecule has 8 nitrogen and oxygen atoms in total. The van der Waals surface area contributed by atoms with Gasteiger partial charge < -0.3 is 10.1 Å². The average molecular weight is 419 g/mol. The molecule has 0 fully saturated rings. The quantitative estimate of drug-likeness (QED) is 0.498. The predicted octanol–water partition coefficient (Wildman–Crippen LogP) is 3.21. The number of nitrogens with one attached hydrogen (secondary N) is 1. The number of hydrogen-bond acceptors (Lipinski definition) is 5. The van der Waals surface area contributed by atoms with Crippen molar-refractivity contribution < 1.29 is 9.53 Å². The number of carbonyl (C=O) groups excluding carboxylic acids is 1. The van der Waals surface area contributed by atoms with Crippen molar-refractivity contribution in [2.45, 2.75) is 20.4 Å². The largest absolute Gasteiger partial charge is 0.497 e. The summed E-state index contributed by atoms with van der Waals surface area (Å²) in [6.45, 7) is 5.25. The van der Waals surface area contributed by atoms with Crippen LogP contribution >= 0.6 is 0 Å². The number of aryl methyl sites for hydroxylation is 2. The van der Waals surface area contributed by atoms with E-state index in [1.54, 1.807) is 18.0 Å². The Kier molecular flexibility index (Phi) is 5.70. The molecule has 3 heterocycles. The number of rotatable bonds is 7. The maximum atomic E-state index is 13.2. The monoisotopic (exact) mass is 418 g/mol. The van der Waals surface area contributed by atoms with E-state index >= 15 is 0 Å². The molecule has 0 aliphatic heterocycles. The third-order valence-electron chi connectivity index (χ3n) is 5.25. The minimum Gasteiger partial charge on any atom is -0.497 e. The van der Waals surface area contributed by atoms with Gasteiger partial charge in [-0.15, -0.1) is 0 Å². The van der Waals surface area contributed by atoms with Crippen LogP contribution in [-0.4, -0.2) is 44.1 Å². The predicted molar refractivity (Wildman–Crippen MR) is 119 cm³/mol. The molecule has 4 rings (SSSR count). The zero-order chi connectivity index (χ0) is 22.0. The van der Waals surface area contributed by atoms with Gasteiger partial charge in [-0.25, -0.2) is 4.98 Å². The standard InChI is InChI=1S/C23H26N6O2/c1-15(14-29-10-6-9-25-29)13-24-23(30)19-12-20(17-7-5-8-18(11-17)31-4)26-22-21(19)16(2)27-28(22)3/h5-12,15H,13-14H2,1-4H3,(H,24,30)/t15-/m0/s1. The van der Waals surface area contributed by atoms with Gasteiger partial charge in [-0.3, -0.25) is 14.2 Å². The number of ether oxygens (including phenoxy) is 1. The van der Waals surface area contributed by atoms with Crippen molar-refractivity contribution in [1.82, 2.24) is 29.9 Å². The summed E-state index contributed by atoms with van der Waals surface area (Å²) >= 11 is 0. The van der Waals surface area contributed by atoms with E-state index in [1.165, 1.54) is 0 Å². The van der Waals surface area contributed by atoms with Gasteiger partial charge in [-0.1, -0.05) is 19.1 Å². The zero-order valence-corrected chi connectivity index (χ0v) is 18.2. The van der Waals surface area contributed by atoms with Crippen molar-refractivity contribution >= 4 is 16.9 Å². The molecule has 1 atom stereocenters. The molecule has 0 radical (unpaired) electrons. The lowest BCUT2D eigenvalue weighted by Crippen LogP contribution is -2.30. The first-order valence-electron chi connectivity index (χ1n) is 10.2. The van der Waals surface area contributed by atoms with E-state index in [9.17, 15) is 4.79 Å². The minimum absolute atomic E-state index is 0.139. The molecule has 0 aliphatic carbocycles. The second-order valence-corrected chi connectivity index (χ2v) is 7.74. The smallest absolute Gasteiger partial charge is 0.252 e. The van der Waals surface area contributed by atoms with Gasteiger partial charge in [0.2, 0.25) is 0 Å². The summed E-state index contributed by atoms with van der Waals surface area (Å²) in [5, 5.41) is 12.6. The Morgan fingerprint density at radius 3 is 2.84 bits per heavy atom. The molecular formula is C23H26N6O2. The fourth-order valence-electron chi connectivity index (χ4n) is 3.71. The van der Waals surface area contributed by atoms with Crippen LogP contribution < -0.4 is 10.1 Å². The molecular weight excluding hydrogens is 392 g/mol. The molecule has 4 aromatic rings. The Morgan fingerprint density at radius 1 is 1.26 bits per heavy atom. The molecule has 1 N–H and O–H groups in total. The summed E-state index contributed by atoms with van der Waals surface area (Å²) in [4.78, 5) is 18.0. The number of nitrogens with zero attached hydrogens (tertiary/aromatic N) is 5. The van der Waals surface area contributed by atoms with E-state index < -0.39 is 0 Å². The Morgan fingerprint density at radius 2 is 2.10 bits per heavy atom. The van der Waals surface area contributed by atoms with Crippen LogP contribution in [0.25, 0.3) is 22.3 Å². The number of hydrogen-bond donors (Lipinski definition) is 1. The normalized spacial score (nSPS) is 12.1. The van der Waals surface area contributed by atoms with E-state index in [2.05, 4.69) is 22.4 Å². The van der Waals surface area contributed by atoms with Crippen molar-refractivity contribution in [3.05, 3.63) is 60.0 Å². The third kappa shape index (κ3) is 4.28. The lowest BCUT2D eigenvalue weighted by Gasteiger charge is -2.14. The van der Waals surface area contributed by atoms with Gasteiger partial charge in [0.15, 0.2) is 5.65 Å². The van der Waals surface area contributed by atoms with Crippen LogP contribution in [-0.2, 0) is 13.6 Å². The number of benzene rings is 1. The van der Waals surface area contributed by atoms with Crippen LogP contribution in [0.4, 0.5) is 0 Å². The average Bonchev–Trinajstić information content (AvgIpc) is 3.39. The van der Waals surface area contributed by atoms with Crippen LogP contribution in [0.1, 0.15) is 23.0 Å². The number of pyridine rings is 1. The molecule has 0 spiro atoms. The number of carbonyl (C=O) groups is 1. The van der Waals surface area contributed by atoms with Crippen molar-refractivity contribution in [1.29, 1.82) is 0 Å². The number of amides is 1. The van der Waals surface area contributed by atoms with Crippen molar-refractivity contribution in [2.24, 2.45) is 13.0 Å². The molecule has 1 amide bonds. The van der Waals surface area contributed by atoms with E-state index in [0.29, 0.717) is 23.4 Å². The highest BCUT2D eigenvalue weighted by molar-refractivity contribution is 6.07. The Balaban J connectivity index is 1.65. The van der Waals surface area contributed by atoms with E-state index in [0.717, 1.165) is 28.9 Å². The van der Waals surface area contributed by atoms with E-state index in [1.807, 2.05) is 61.2 Å². The molecule has 0 unspecified atom stereocenters. The molecule has 3 aromatic heterocycles. The van der Waals surface area contributed by atoms with Gasteiger partial charge in [0, 0.05) is 38.1 Å². The fourth-order valence-corrected chi connectivity index (χ4v) is 3.71. The summed E-state index contributed by atoms with van der Waals surface area (Å²) in [7, 11) is 3.47. The summed E-state index contributed by atoms with van der Waals surface area (Å²) < 4.78 is 8.93. The van der Waals surface area contributed by atoms with Crippen LogP contribution in [0.5, 0.6) is 5.75 Å². The lowest BCUT2D eigenvalue weighted by atomic mass is 10.0. The zero-order valence-electron chi connectivity index (χ0n) is 18.2. The minimum atomic E-state index is -0.139. The Hall–Kier alpha value is -3.68. The summed E-state index contributed by atoms with van der Waals surface area (Å²) in [5.41, 5.74) is 3.59. The first kappa shape index (κ1) is 20.6. The van der Waals surface area contributed by atoms with Gasteiger partial charge in [-0.2, -0.15) is 10.2 Å². The first-order valence-corrected chi connectivity index (χ1v) is 10.2. The van der Waals surface area contributed by atoms with Crippen LogP contribution in [0.2, 0.25) is 0 Å². The molecule has 1 aromatic carbocycles. The Labute approximate surface area is 180 Å². The van der Waals surface area contributed by atoms with Gasteiger partial charge in [0.25, 0.3) is 5.91 Å². The summed E-state index contributed by atoms with van der Waals surface area (Å²) in [6, 6.07) is 11.4. The lowest BCUT2D eigenvalue weighted by molar-refractivity contribution is 0.0948. The van der Waals surface area contributed by atoms with Crippen molar-refractivity contribution in [3.8, 4) is 17.0 Å². The van der Waals surface area contributed by atoms with Gasteiger partial charge in [-0.05, 0) is 37.1 Å². The number of methoxy groups -OCH3 is 1. The summed E-state index contributed by atoms with van der Waals surface area (Å²) in [5.74, 6) is 0.827. The van der Waals surface area contributed by atoms with Crippen LogP contribution in [0, 0.1) is 12.8 Å². The maximum Gasteiger partial charge on any atom is 0.252 e. The van der Waals surface area contributed by atoms with Gasteiger partial charge >= 0.3 is 0 Å². The molecule has 0 aliphatic rings. The van der Waals surface area contributed by atoms with Crippen molar-refractivity contribution in [3.63, 3.8) is 0 Å². The SMILES string of the molecule is COc1cccc(-c2cc(C(=O)NC[C@H](C)Cn3cccn3)c3c(C)nn(C)c3n2)c1. The van der Waals surface area contributed by atoms with Crippen LogP contribution in [0.15, 0.2) is 48.8 Å². The molecule has 0 bridgehead atoms. The highest BCUT2D eigenvalue weighted by Gasteiger charge is 2.20. The molecule has 160 valence electrons. The summed E-state index contributed by atoms with van der Waals surface area (Å²) in [6.07, 6.45) is 3.68. The van der Waals surface area contributed by atoms with Crippen molar-refractivity contribution in [2.75, 3.05) is 13.7 Å². The van der Waals surface area contributed by atoms with Gasteiger partial charge in [0.1, 0.15) is 5.75 Å². The molecule has 0 saturated heterocycles. The Bertz CT molecular complexity index is 1210. The second kappa shape index (κ2) is 8.59. The number of fused-ring (bicyclic) bond motifs is 1. The third-order valence-corrected chi connectivity index (χ3v) is 5.25. The topological polar surface area (TPSA) is 86.9 Å². The first-order chi connectivity index (χ1) is 15.0. The highest BCUT2D eigenvalue weighted by atomic mass is 16.5. The van der Waals surface area contributed by atoms with E-state index in [4.69, 9.17) is 9.72 Å². The fraction of sp³-hybridized carbons (Fsp3) is 0.304.